The topological polar surface area (TPSA) is 90.9 Å². The first-order valence-corrected chi connectivity index (χ1v) is 10.9. The highest BCUT2D eigenvalue weighted by atomic mass is 35.5. The van der Waals surface area contributed by atoms with E-state index in [9.17, 15) is 14.7 Å². The molecule has 0 bridgehead atoms. The smallest absolute Gasteiger partial charge is 0.318 e. The van der Waals surface area contributed by atoms with Gasteiger partial charge in [-0.3, -0.25) is 4.79 Å². The number of carbonyl (C=O) groups excluding carboxylic acids is 2. The van der Waals surface area contributed by atoms with Crippen LogP contribution in [0.3, 0.4) is 0 Å². The maximum atomic E-state index is 13.1. The molecular formula is C22H32ClN3O4. The number of hydrogen-bond donors (Lipinski definition) is 3. The normalized spacial score (nSPS) is 21.4. The van der Waals surface area contributed by atoms with Gasteiger partial charge in [-0.1, -0.05) is 38.4 Å². The highest BCUT2D eigenvalue weighted by Gasteiger charge is 2.34. The fourth-order valence-corrected chi connectivity index (χ4v) is 4.48. The van der Waals surface area contributed by atoms with E-state index in [1.165, 1.54) is 0 Å². The van der Waals surface area contributed by atoms with Crippen molar-refractivity contribution in [3.63, 3.8) is 0 Å². The predicted octanol–water partition coefficient (Wildman–Crippen LogP) is 3.15. The molecule has 0 unspecified atom stereocenters. The number of β-amino-alcohol motifs (C(OH)–C–C–N with tert-alkyl or cyclic N) is 1. The van der Waals surface area contributed by atoms with Gasteiger partial charge in [0.2, 0.25) is 5.91 Å². The van der Waals surface area contributed by atoms with Crippen LogP contribution < -0.4 is 10.6 Å². The van der Waals surface area contributed by atoms with Gasteiger partial charge < -0.3 is 25.4 Å². The van der Waals surface area contributed by atoms with E-state index >= 15 is 0 Å². The Morgan fingerprint density at radius 2 is 1.93 bits per heavy atom. The van der Waals surface area contributed by atoms with E-state index in [2.05, 4.69) is 31.4 Å². The number of nitrogens with zero attached hydrogens (tertiary/aromatic N) is 1. The Kier molecular flexibility index (Phi) is 7.26. The number of ether oxygens (including phenoxy) is 1. The van der Waals surface area contributed by atoms with E-state index in [0.717, 1.165) is 5.56 Å². The zero-order valence-corrected chi connectivity index (χ0v) is 18.7. The summed E-state index contributed by atoms with van der Waals surface area (Å²) < 4.78 is 5.42. The first kappa shape index (κ1) is 22.8. The zero-order valence-electron chi connectivity index (χ0n) is 17.9. The summed E-state index contributed by atoms with van der Waals surface area (Å²) in [5.41, 5.74) is 1.50. The number of rotatable bonds is 4. The summed E-state index contributed by atoms with van der Waals surface area (Å²) >= 11 is 6.44. The Hall–Kier alpha value is -1.83. The largest absolute Gasteiger partial charge is 0.391 e. The van der Waals surface area contributed by atoms with Gasteiger partial charge >= 0.3 is 6.03 Å². The number of aliphatic hydroxyl groups excluding tert-OH is 1. The summed E-state index contributed by atoms with van der Waals surface area (Å²) in [7, 11) is 0. The number of benzene rings is 1. The van der Waals surface area contributed by atoms with E-state index in [-0.39, 0.29) is 29.8 Å². The van der Waals surface area contributed by atoms with Gasteiger partial charge in [-0.25, -0.2) is 4.79 Å². The van der Waals surface area contributed by atoms with Crippen LogP contribution in [0.4, 0.5) is 10.5 Å². The molecule has 3 N–H and O–H groups in total. The Labute approximate surface area is 183 Å². The Morgan fingerprint density at radius 3 is 2.50 bits per heavy atom. The number of halogens is 1. The van der Waals surface area contributed by atoms with Crippen LogP contribution >= 0.6 is 11.6 Å². The highest BCUT2D eigenvalue weighted by molar-refractivity contribution is 6.31. The van der Waals surface area contributed by atoms with Crippen LogP contribution in [0.25, 0.3) is 0 Å². The maximum Gasteiger partial charge on any atom is 0.318 e. The molecule has 7 nitrogen and oxygen atoms in total. The van der Waals surface area contributed by atoms with Gasteiger partial charge in [0.15, 0.2) is 0 Å². The van der Waals surface area contributed by atoms with Crippen LogP contribution in [-0.2, 0) is 14.9 Å². The van der Waals surface area contributed by atoms with Crippen molar-refractivity contribution in [3.8, 4) is 0 Å². The molecule has 3 amide bonds. The lowest BCUT2D eigenvalue weighted by Gasteiger charge is -2.31. The average Bonchev–Trinajstić information content (AvgIpc) is 3.12. The fraction of sp³-hybridized carbons (Fsp3) is 0.636. The maximum absolute atomic E-state index is 13.1. The second kappa shape index (κ2) is 9.54. The minimum absolute atomic E-state index is 0.0143. The third-order valence-corrected chi connectivity index (χ3v) is 6.11. The van der Waals surface area contributed by atoms with Gasteiger partial charge in [0.25, 0.3) is 0 Å². The minimum Gasteiger partial charge on any atom is -0.391 e. The van der Waals surface area contributed by atoms with E-state index in [1.54, 1.807) is 11.0 Å². The summed E-state index contributed by atoms with van der Waals surface area (Å²) in [6.07, 6.45) is 1.45. The molecule has 8 heteroatoms. The van der Waals surface area contributed by atoms with Gasteiger partial charge in [-0.05, 0) is 48.3 Å². The van der Waals surface area contributed by atoms with Crippen molar-refractivity contribution in [2.24, 2.45) is 5.92 Å². The lowest BCUT2D eigenvalue weighted by Crippen LogP contribution is -2.53. The molecule has 1 aromatic rings. The number of amides is 3. The van der Waals surface area contributed by atoms with E-state index in [1.807, 2.05) is 12.1 Å². The number of nitrogens with one attached hydrogen (secondary N) is 2. The van der Waals surface area contributed by atoms with Gasteiger partial charge in [-0.15, -0.1) is 0 Å². The zero-order chi connectivity index (χ0) is 21.9. The van der Waals surface area contributed by atoms with Crippen LogP contribution in [0.5, 0.6) is 0 Å². The molecule has 166 valence electrons. The molecule has 3 rings (SSSR count). The van der Waals surface area contributed by atoms with Crippen molar-refractivity contribution >= 4 is 29.2 Å². The molecule has 2 fully saturated rings. The molecule has 0 spiro atoms. The van der Waals surface area contributed by atoms with Crippen LogP contribution in [0.2, 0.25) is 5.02 Å². The van der Waals surface area contributed by atoms with Crippen molar-refractivity contribution in [3.05, 3.63) is 28.8 Å². The number of anilines is 1. The third kappa shape index (κ3) is 5.65. The first-order valence-electron chi connectivity index (χ1n) is 10.6. The van der Waals surface area contributed by atoms with Crippen molar-refractivity contribution in [2.45, 2.75) is 57.6 Å². The molecule has 1 aromatic carbocycles. The molecule has 2 heterocycles. The highest BCUT2D eigenvalue weighted by Crippen LogP contribution is 2.31. The lowest BCUT2D eigenvalue weighted by atomic mass is 9.87. The molecule has 2 atom stereocenters. The molecule has 0 radical (unpaired) electrons. The second-order valence-electron chi connectivity index (χ2n) is 9.20. The number of hydrogen-bond acceptors (Lipinski definition) is 4. The molecule has 0 aliphatic carbocycles. The standard InChI is InChI=1S/C22H32ClN3O4/c1-22(2,3)17-5-4-15(12-18(17)23)24-20(28)19(14-7-10-30-11-8-14)25-21(29)26-9-6-16(27)13-26/h4-5,12,14,16,19,27H,6-11,13H2,1-3H3,(H,24,28)(H,25,29)/t16-,19+/m0/s1. The van der Waals surface area contributed by atoms with Gasteiger partial charge in [-0.2, -0.15) is 0 Å². The van der Waals surface area contributed by atoms with Crippen molar-refractivity contribution < 1.29 is 19.4 Å². The third-order valence-electron chi connectivity index (χ3n) is 5.79. The summed E-state index contributed by atoms with van der Waals surface area (Å²) in [6, 6.07) is 4.51. The average molecular weight is 438 g/mol. The van der Waals surface area contributed by atoms with Crippen molar-refractivity contribution in [1.29, 1.82) is 0 Å². The Morgan fingerprint density at radius 1 is 1.23 bits per heavy atom. The predicted molar refractivity (Wildman–Crippen MR) is 117 cm³/mol. The molecule has 2 aliphatic heterocycles. The number of urea groups is 1. The first-order chi connectivity index (χ1) is 14.1. The van der Waals surface area contributed by atoms with Crippen LogP contribution in [0, 0.1) is 5.92 Å². The molecular weight excluding hydrogens is 406 g/mol. The molecule has 30 heavy (non-hydrogen) atoms. The Balaban J connectivity index is 1.73. The van der Waals surface area contributed by atoms with Crippen LogP contribution in [0.15, 0.2) is 18.2 Å². The quantitative estimate of drug-likeness (QED) is 0.674. The monoisotopic (exact) mass is 437 g/mol. The Bertz CT molecular complexity index is 774. The second-order valence-corrected chi connectivity index (χ2v) is 9.61. The van der Waals surface area contributed by atoms with Crippen LogP contribution in [-0.4, -0.2) is 60.4 Å². The summed E-state index contributed by atoms with van der Waals surface area (Å²) in [5.74, 6) is -0.283. The molecule has 2 saturated heterocycles. The van der Waals surface area contributed by atoms with E-state index < -0.39 is 12.1 Å². The van der Waals surface area contributed by atoms with E-state index in [4.69, 9.17) is 16.3 Å². The van der Waals surface area contributed by atoms with Gasteiger partial charge in [0.1, 0.15) is 6.04 Å². The minimum atomic E-state index is -0.680. The summed E-state index contributed by atoms with van der Waals surface area (Å²) in [5, 5.41) is 16.1. The van der Waals surface area contributed by atoms with Crippen LogP contribution in [0.1, 0.15) is 45.6 Å². The van der Waals surface area contributed by atoms with Gasteiger partial charge in [0, 0.05) is 37.0 Å². The lowest BCUT2D eigenvalue weighted by molar-refractivity contribution is -0.120. The van der Waals surface area contributed by atoms with Gasteiger partial charge in [0.05, 0.1) is 6.10 Å². The number of likely N-dealkylation sites (tertiary alicyclic amines) is 1. The van der Waals surface area contributed by atoms with E-state index in [0.29, 0.717) is 49.7 Å². The SMILES string of the molecule is CC(C)(C)c1ccc(NC(=O)[C@H](NC(=O)N2CC[C@H](O)C2)C2CCOCC2)cc1Cl. The summed E-state index contributed by atoms with van der Waals surface area (Å²) in [4.78, 5) is 27.4. The molecule has 0 aromatic heterocycles. The summed E-state index contributed by atoms with van der Waals surface area (Å²) in [6.45, 7) is 8.16. The van der Waals surface area contributed by atoms with Crippen molar-refractivity contribution in [1.82, 2.24) is 10.2 Å². The molecule has 2 aliphatic rings. The molecule has 0 saturated carbocycles. The van der Waals surface area contributed by atoms with Crippen molar-refractivity contribution in [2.75, 3.05) is 31.6 Å². The number of aliphatic hydroxyl groups is 1. The fourth-order valence-electron chi connectivity index (χ4n) is 4.02. The number of carbonyl (C=O) groups is 2.